The third kappa shape index (κ3) is 2.75. The van der Waals surface area contributed by atoms with E-state index in [1.807, 2.05) is 24.3 Å². The molecule has 3 nitrogen and oxygen atoms in total. The van der Waals surface area contributed by atoms with Crippen molar-refractivity contribution in [3.05, 3.63) is 60.2 Å². The number of nitrogens with zero attached hydrogens (tertiary/aromatic N) is 2. The van der Waals surface area contributed by atoms with Gasteiger partial charge in [-0.25, -0.2) is 14.4 Å². The van der Waals surface area contributed by atoms with Crippen molar-refractivity contribution in [1.29, 1.82) is 0 Å². The highest BCUT2D eigenvalue weighted by Crippen LogP contribution is 2.36. The molecule has 0 amide bonds. The Balaban J connectivity index is 2.11. The van der Waals surface area contributed by atoms with E-state index >= 15 is 0 Å². The topological polar surface area (TPSA) is 46.0 Å². The van der Waals surface area contributed by atoms with Gasteiger partial charge >= 0.3 is 0 Å². The van der Waals surface area contributed by atoms with E-state index in [-0.39, 0.29) is 5.82 Å². The molecule has 106 valence electrons. The van der Waals surface area contributed by atoms with Crippen molar-refractivity contribution < 1.29 is 9.50 Å². The monoisotopic (exact) mass is 300 g/mol. The summed E-state index contributed by atoms with van der Waals surface area (Å²) in [6, 6.07) is 12.3. The van der Waals surface area contributed by atoms with Crippen molar-refractivity contribution in [2.75, 3.05) is 0 Å². The molecule has 0 fully saturated rings. The predicted octanol–water partition coefficient (Wildman–Crippen LogP) is 3.97. The van der Waals surface area contributed by atoms with Crippen molar-refractivity contribution in [1.82, 2.24) is 9.97 Å². The summed E-state index contributed by atoms with van der Waals surface area (Å²) in [5, 5.41) is 11.3. The molecule has 0 aliphatic heterocycles. The quantitative estimate of drug-likeness (QED) is 0.743. The normalized spacial score (nSPS) is 12.5. The first-order valence-corrected chi connectivity index (χ1v) is 7.32. The summed E-state index contributed by atoms with van der Waals surface area (Å²) in [6.45, 7) is 1.62. The summed E-state index contributed by atoms with van der Waals surface area (Å²) in [6.07, 6.45) is 0.726. The van der Waals surface area contributed by atoms with Crippen LogP contribution < -0.4 is 0 Å². The third-order valence-electron chi connectivity index (χ3n) is 3.15. The highest BCUT2D eigenvalue weighted by molar-refractivity contribution is 7.99. The number of benzene rings is 2. The van der Waals surface area contributed by atoms with Gasteiger partial charge in [0.15, 0.2) is 0 Å². The van der Waals surface area contributed by atoms with Crippen molar-refractivity contribution in [2.24, 2.45) is 0 Å². The second-order valence-corrected chi connectivity index (χ2v) is 5.63. The van der Waals surface area contributed by atoms with Gasteiger partial charge in [-0.3, -0.25) is 0 Å². The minimum atomic E-state index is -0.740. The zero-order valence-electron chi connectivity index (χ0n) is 11.3. The molecule has 0 spiro atoms. The van der Waals surface area contributed by atoms with E-state index < -0.39 is 6.10 Å². The molecule has 5 heteroatoms. The van der Waals surface area contributed by atoms with Crippen molar-refractivity contribution in [3.8, 4) is 0 Å². The summed E-state index contributed by atoms with van der Waals surface area (Å²) in [5.41, 5.74) is 1.37. The number of halogens is 1. The Hall–Kier alpha value is -1.98. The van der Waals surface area contributed by atoms with Crippen LogP contribution in [0.25, 0.3) is 10.9 Å². The van der Waals surface area contributed by atoms with Crippen LogP contribution in [0.1, 0.15) is 18.6 Å². The zero-order valence-corrected chi connectivity index (χ0v) is 12.1. The summed E-state index contributed by atoms with van der Waals surface area (Å²) in [7, 11) is 0. The van der Waals surface area contributed by atoms with Gasteiger partial charge in [0, 0.05) is 5.39 Å². The van der Waals surface area contributed by atoms with Crippen LogP contribution in [0.4, 0.5) is 4.39 Å². The minimum absolute atomic E-state index is 0.360. The Labute approximate surface area is 125 Å². The number of fused-ring (bicyclic) bond motifs is 1. The van der Waals surface area contributed by atoms with Crippen molar-refractivity contribution >= 4 is 22.7 Å². The summed E-state index contributed by atoms with van der Waals surface area (Å²) < 4.78 is 14.1. The molecule has 1 N–H and O–H groups in total. The molecule has 2 aromatic carbocycles. The molecule has 21 heavy (non-hydrogen) atoms. The average molecular weight is 300 g/mol. The van der Waals surface area contributed by atoms with Gasteiger partial charge in [-0.15, -0.1) is 0 Å². The standard InChI is InChI=1S/C16H13FN2OS/c1-10(20)11-6-4-7-13(17)15(11)21-16-12-5-2-3-8-14(12)18-9-19-16/h2-10,20H,1H3/t10-/m0/s1. The van der Waals surface area contributed by atoms with Crippen LogP contribution in [0.15, 0.2) is 58.7 Å². The number of hydrogen-bond acceptors (Lipinski definition) is 4. The first-order chi connectivity index (χ1) is 10.2. The maximum Gasteiger partial charge on any atom is 0.137 e. The van der Waals surface area contributed by atoms with Gasteiger partial charge in [0.1, 0.15) is 17.2 Å². The van der Waals surface area contributed by atoms with Gasteiger partial charge in [-0.05, 0) is 24.6 Å². The molecular weight excluding hydrogens is 287 g/mol. The lowest BCUT2D eigenvalue weighted by atomic mass is 10.1. The smallest absolute Gasteiger partial charge is 0.137 e. The van der Waals surface area contributed by atoms with Crippen LogP contribution in [0.2, 0.25) is 0 Å². The molecule has 0 bridgehead atoms. The number of aromatic nitrogens is 2. The molecule has 1 aromatic heterocycles. The molecule has 1 heterocycles. The van der Waals surface area contributed by atoms with E-state index in [0.29, 0.717) is 15.5 Å². The second-order valence-electron chi connectivity index (χ2n) is 4.63. The summed E-state index contributed by atoms with van der Waals surface area (Å²) >= 11 is 1.21. The van der Waals surface area contributed by atoms with Crippen LogP contribution in [0, 0.1) is 5.82 Å². The maximum absolute atomic E-state index is 14.1. The molecule has 0 aliphatic rings. The van der Waals surface area contributed by atoms with Crippen molar-refractivity contribution in [3.63, 3.8) is 0 Å². The van der Waals surface area contributed by atoms with Crippen LogP contribution in [0.5, 0.6) is 0 Å². The van der Waals surface area contributed by atoms with Crippen LogP contribution in [-0.2, 0) is 0 Å². The molecule has 0 aliphatic carbocycles. The van der Waals surface area contributed by atoms with Gasteiger partial charge < -0.3 is 5.11 Å². The van der Waals surface area contributed by atoms with E-state index in [1.165, 1.54) is 24.2 Å². The molecular formula is C16H13FN2OS. The number of para-hydroxylation sites is 1. The van der Waals surface area contributed by atoms with Crippen LogP contribution in [-0.4, -0.2) is 15.1 Å². The molecule has 0 saturated heterocycles. The molecule has 0 radical (unpaired) electrons. The fourth-order valence-corrected chi connectivity index (χ4v) is 3.22. The fourth-order valence-electron chi connectivity index (χ4n) is 2.12. The summed E-state index contributed by atoms with van der Waals surface area (Å²) in [4.78, 5) is 8.84. The molecule has 3 rings (SSSR count). The molecule has 0 saturated carbocycles. The first kappa shape index (κ1) is 14.0. The Morgan fingerprint density at radius 3 is 2.71 bits per heavy atom. The minimum Gasteiger partial charge on any atom is -0.389 e. The van der Waals surface area contributed by atoms with Gasteiger partial charge in [-0.1, -0.05) is 42.1 Å². The second kappa shape index (κ2) is 5.79. The Kier molecular flexibility index (Phi) is 3.86. The number of aliphatic hydroxyl groups excluding tert-OH is 1. The van der Waals surface area contributed by atoms with Gasteiger partial charge in [-0.2, -0.15) is 0 Å². The Bertz CT molecular complexity index is 787. The van der Waals surface area contributed by atoms with E-state index in [1.54, 1.807) is 19.1 Å². The van der Waals surface area contributed by atoms with E-state index in [4.69, 9.17) is 0 Å². The Morgan fingerprint density at radius 2 is 1.90 bits per heavy atom. The number of hydrogen-bond donors (Lipinski definition) is 1. The lowest BCUT2D eigenvalue weighted by molar-refractivity contribution is 0.195. The van der Waals surface area contributed by atoms with Crippen molar-refractivity contribution in [2.45, 2.75) is 22.9 Å². The first-order valence-electron chi connectivity index (χ1n) is 6.51. The zero-order chi connectivity index (χ0) is 14.8. The Morgan fingerprint density at radius 1 is 1.10 bits per heavy atom. The lowest BCUT2D eigenvalue weighted by Gasteiger charge is -2.12. The third-order valence-corrected chi connectivity index (χ3v) is 4.31. The highest BCUT2D eigenvalue weighted by Gasteiger charge is 2.15. The number of aliphatic hydroxyl groups is 1. The SMILES string of the molecule is C[C@H](O)c1cccc(F)c1Sc1ncnc2ccccc12. The molecule has 3 aromatic rings. The van der Waals surface area contributed by atoms with Gasteiger partial charge in [0.2, 0.25) is 0 Å². The highest BCUT2D eigenvalue weighted by atomic mass is 32.2. The van der Waals surface area contributed by atoms with Crippen LogP contribution in [0.3, 0.4) is 0 Å². The van der Waals surface area contributed by atoms with E-state index in [2.05, 4.69) is 9.97 Å². The predicted molar refractivity (Wildman–Crippen MR) is 80.7 cm³/mol. The molecule has 1 atom stereocenters. The number of rotatable bonds is 3. The van der Waals surface area contributed by atoms with E-state index in [9.17, 15) is 9.50 Å². The lowest BCUT2D eigenvalue weighted by Crippen LogP contribution is -1.97. The van der Waals surface area contributed by atoms with Crippen LogP contribution >= 0.6 is 11.8 Å². The van der Waals surface area contributed by atoms with Gasteiger partial charge in [0.25, 0.3) is 0 Å². The van der Waals surface area contributed by atoms with Gasteiger partial charge in [0.05, 0.1) is 16.5 Å². The fraction of sp³-hybridized carbons (Fsp3) is 0.125. The van der Waals surface area contributed by atoms with E-state index in [0.717, 1.165) is 10.9 Å². The molecule has 0 unspecified atom stereocenters. The summed E-state index contributed by atoms with van der Waals surface area (Å²) in [5.74, 6) is -0.360. The average Bonchev–Trinajstić information content (AvgIpc) is 2.49. The largest absolute Gasteiger partial charge is 0.389 e. The maximum atomic E-state index is 14.1.